The van der Waals surface area contributed by atoms with E-state index in [0.29, 0.717) is 162 Å². The standard InChI is InChI=1S/C43H67N7O11/c1-34-32-60-15-11-49(34)41-38-7-8-39(46-40(38)47-43(48-41)50-12-16-61-33-35(50)2)36-5-4-6-37(31-36)42(51)45-10-14-53-18-20-55-22-24-57-26-28-59-30-29-58-27-25-56-23-21-54-19-17-52-13-9-44-3/h4-8,31,34-35,44H,9-30,32-33H2,1-3H3,(H,45,51)/t34-,35-/m1/s1. The Hall–Kier alpha value is -3.66. The molecule has 0 saturated carbocycles. The van der Waals surface area contributed by atoms with Crippen molar-refractivity contribution in [2.45, 2.75) is 25.9 Å². The summed E-state index contributed by atoms with van der Waals surface area (Å²) in [5.74, 6) is 1.31. The van der Waals surface area contributed by atoms with Crippen molar-refractivity contribution >= 4 is 28.7 Å². The van der Waals surface area contributed by atoms with Crippen LogP contribution >= 0.6 is 0 Å². The van der Waals surface area contributed by atoms with Crippen LogP contribution in [-0.2, 0) is 47.4 Å². The van der Waals surface area contributed by atoms with Crippen LogP contribution in [-0.4, -0.2) is 198 Å². The first kappa shape index (κ1) is 48.4. The molecule has 3 aromatic rings. The van der Waals surface area contributed by atoms with Crippen molar-refractivity contribution in [1.82, 2.24) is 25.6 Å². The van der Waals surface area contributed by atoms with Gasteiger partial charge in [-0.1, -0.05) is 12.1 Å². The molecule has 2 saturated heterocycles. The highest BCUT2D eigenvalue weighted by molar-refractivity contribution is 5.96. The second-order valence-electron chi connectivity index (χ2n) is 14.5. The third kappa shape index (κ3) is 17.2. The van der Waals surface area contributed by atoms with Gasteiger partial charge in [-0.3, -0.25) is 4.79 Å². The third-order valence-corrected chi connectivity index (χ3v) is 9.84. The molecule has 0 unspecified atom stereocenters. The summed E-state index contributed by atoms with van der Waals surface area (Å²) in [7, 11) is 1.89. The molecule has 0 aliphatic carbocycles. The maximum absolute atomic E-state index is 13.1. The number of nitrogens with zero attached hydrogens (tertiary/aromatic N) is 5. The molecule has 2 N–H and O–H groups in total. The number of hydrogen-bond donors (Lipinski definition) is 2. The second-order valence-corrected chi connectivity index (χ2v) is 14.5. The van der Waals surface area contributed by atoms with Gasteiger partial charge in [-0.05, 0) is 45.2 Å². The summed E-state index contributed by atoms with van der Waals surface area (Å²) in [6, 6.07) is 11.7. The summed E-state index contributed by atoms with van der Waals surface area (Å²) >= 11 is 0. The second kappa shape index (κ2) is 28.8. The number of pyridine rings is 1. The summed E-state index contributed by atoms with van der Waals surface area (Å²) < 4.78 is 55.5. The molecule has 1 amide bonds. The number of amides is 1. The molecule has 0 spiro atoms. The number of carbonyl (C=O) groups is 1. The number of benzene rings is 1. The molecule has 2 fully saturated rings. The van der Waals surface area contributed by atoms with Gasteiger partial charge in [-0.15, -0.1) is 0 Å². The summed E-state index contributed by atoms with van der Waals surface area (Å²) in [5.41, 5.74) is 2.68. The van der Waals surface area contributed by atoms with Crippen LogP contribution in [0.2, 0.25) is 0 Å². The minimum Gasteiger partial charge on any atom is -0.378 e. The molecule has 5 rings (SSSR count). The number of carbonyl (C=O) groups excluding carboxylic acids is 1. The Balaban J connectivity index is 0.905. The number of fused-ring (bicyclic) bond motifs is 1. The van der Waals surface area contributed by atoms with Crippen LogP contribution in [0.25, 0.3) is 22.3 Å². The lowest BCUT2D eigenvalue weighted by Gasteiger charge is -2.37. The first-order chi connectivity index (χ1) is 30.0. The Bertz CT molecular complexity index is 1680. The lowest BCUT2D eigenvalue weighted by Crippen LogP contribution is -2.46. The Labute approximate surface area is 360 Å². The maximum Gasteiger partial charge on any atom is 0.251 e. The highest BCUT2D eigenvalue weighted by Gasteiger charge is 2.27. The zero-order chi connectivity index (χ0) is 42.7. The molecule has 2 aliphatic rings. The molecule has 2 aromatic heterocycles. The van der Waals surface area contributed by atoms with Gasteiger partial charge in [0.1, 0.15) is 5.82 Å². The zero-order valence-electron chi connectivity index (χ0n) is 36.3. The van der Waals surface area contributed by atoms with Crippen molar-refractivity contribution in [3.05, 3.63) is 42.0 Å². The van der Waals surface area contributed by atoms with Crippen molar-refractivity contribution in [2.75, 3.05) is 175 Å². The molecule has 1 aromatic carbocycles. The number of hydrogen-bond acceptors (Lipinski definition) is 17. The molecule has 2 aliphatic heterocycles. The van der Waals surface area contributed by atoms with Gasteiger partial charge < -0.3 is 67.8 Å². The van der Waals surface area contributed by atoms with Gasteiger partial charge in [0.2, 0.25) is 5.95 Å². The van der Waals surface area contributed by atoms with Crippen LogP contribution in [0, 0.1) is 0 Å². The SMILES string of the molecule is CNCCOCCOCCOCCOCCOCCOCCOCCOCCNC(=O)c1cccc(-c2ccc3c(N4CCOC[C@H]4C)nc(N4CCOC[C@H]4C)nc3n2)c1. The molecular formula is C43H67N7O11. The molecule has 0 radical (unpaired) electrons. The van der Waals surface area contributed by atoms with E-state index >= 15 is 0 Å². The molecule has 18 heteroatoms. The molecular weight excluding hydrogens is 791 g/mol. The minimum atomic E-state index is -0.189. The number of nitrogens with one attached hydrogen (secondary N) is 2. The van der Waals surface area contributed by atoms with Gasteiger partial charge in [-0.25, -0.2) is 4.98 Å². The van der Waals surface area contributed by atoms with Gasteiger partial charge in [0, 0.05) is 37.3 Å². The minimum absolute atomic E-state index is 0.137. The number of ether oxygens (including phenoxy) is 10. The molecule has 2 atom stereocenters. The quantitative estimate of drug-likeness (QED) is 0.0900. The highest BCUT2D eigenvalue weighted by Crippen LogP contribution is 2.31. The lowest BCUT2D eigenvalue weighted by molar-refractivity contribution is -0.0229. The Morgan fingerprint density at radius 3 is 1.67 bits per heavy atom. The van der Waals surface area contributed by atoms with E-state index in [1.807, 2.05) is 37.4 Å². The zero-order valence-corrected chi connectivity index (χ0v) is 36.3. The van der Waals surface area contributed by atoms with Crippen molar-refractivity contribution in [3.8, 4) is 11.3 Å². The van der Waals surface area contributed by atoms with Gasteiger partial charge in [0.05, 0.1) is 155 Å². The Morgan fingerprint density at radius 1 is 0.639 bits per heavy atom. The van der Waals surface area contributed by atoms with Crippen LogP contribution < -0.4 is 20.4 Å². The summed E-state index contributed by atoms with van der Waals surface area (Å²) in [4.78, 5) is 32.6. The predicted octanol–water partition coefficient (Wildman–Crippen LogP) is 2.22. The number of morpholine rings is 2. The highest BCUT2D eigenvalue weighted by atomic mass is 16.6. The van der Waals surface area contributed by atoms with Gasteiger partial charge in [0.15, 0.2) is 5.65 Å². The monoisotopic (exact) mass is 857 g/mol. The lowest BCUT2D eigenvalue weighted by atomic mass is 10.1. The van der Waals surface area contributed by atoms with E-state index in [-0.39, 0.29) is 18.0 Å². The fraction of sp³-hybridized carbons (Fsp3) is 0.674. The van der Waals surface area contributed by atoms with E-state index in [2.05, 4.69) is 34.3 Å². The average molecular weight is 858 g/mol. The number of aromatic nitrogens is 3. The Kier molecular flexibility index (Phi) is 22.9. The fourth-order valence-electron chi connectivity index (χ4n) is 6.53. The number of likely N-dealkylation sites (N-methyl/N-ethyl adjacent to an activating group) is 1. The molecule has 0 bridgehead atoms. The van der Waals surface area contributed by atoms with Crippen molar-refractivity contribution in [1.29, 1.82) is 0 Å². The van der Waals surface area contributed by atoms with Gasteiger partial charge >= 0.3 is 0 Å². The predicted molar refractivity (Wildman–Crippen MR) is 231 cm³/mol. The molecule has 340 valence electrons. The molecule has 18 nitrogen and oxygen atoms in total. The normalized spacial score (nSPS) is 17.0. The first-order valence-corrected chi connectivity index (χ1v) is 21.6. The smallest absolute Gasteiger partial charge is 0.251 e. The van der Waals surface area contributed by atoms with Crippen LogP contribution in [0.5, 0.6) is 0 Å². The summed E-state index contributed by atoms with van der Waals surface area (Å²) in [6.45, 7) is 17.4. The van der Waals surface area contributed by atoms with Crippen LogP contribution in [0.4, 0.5) is 11.8 Å². The van der Waals surface area contributed by atoms with E-state index in [1.54, 1.807) is 6.07 Å². The summed E-state index contributed by atoms with van der Waals surface area (Å²) in [5, 5.41) is 6.84. The van der Waals surface area contributed by atoms with Crippen molar-refractivity contribution < 1.29 is 52.2 Å². The fourth-order valence-corrected chi connectivity index (χ4v) is 6.53. The van der Waals surface area contributed by atoms with Crippen molar-refractivity contribution in [2.24, 2.45) is 0 Å². The topological polar surface area (TPSA) is 179 Å². The van der Waals surface area contributed by atoms with Gasteiger partial charge in [0.25, 0.3) is 5.91 Å². The third-order valence-electron chi connectivity index (χ3n) is 9.84. The number of rotatable bonds is 31. The first-order valence-electron chi connectivity index (χ1n) is 21.6. The van der Waals surface area contributed by atoms with Crippen molar-refractivity contribution in [3.63, 3.8) is 0 Å². The van der Waals surface area contributed by atoms with Gasteiger partial charge in [-0.2, -0.15) is 9.97 Å². The molecule has 61 heavy (non-hydrogen) atoms. The van der Waals surface area contributed by atoms with Crippen LogP contribution in [0.3, 0.4) is 0 Å². The van der Waals surface area contributed by atoms with E-state index in [0.717, 1.165) is 35.6 Å². The molecule has 4 heterocycles. The number of anilines is 2. The Morgan fingerprint density at radius 2 is 1.15 bits per heavy atom. The van der Waals surface area contributed by atoms with E-state index in [9.17, 15) is 4.79 Å². The largest absolute Gasteiger partial charge is 0.378 e. The summed E-state index contributed by atoms with van der Waals surface area (Å²) in [6.07, 6.45) is 0. The average Bonchev–Trinajstić information content (AvgIpc) is 3.28. The van der Waals surface area contributed by atoms with E-state index in [1.165, 1.54) is 0 Å². The van der Waals surface area contributed by atoms with Crippen LogP contribution in [0.1, 0.15) is 24.2 Å². The van der Waals surface area contributed by atoms with E-state index < -0.39 is 0 Å². The van der Waals surface area contributed by atoms with Crippen LogP contribution in [0.15, 0.2) is 36.4 Å². The van der Waals surface area contributed by atoms with E-state index in [4.69, 9.17) is 62.3 Å². The maximum atomic E-state index is 13.1.